The summed E-state index contributed by atoms with van der Waals surface area (Å²) in [6, 6.07) is 15.6. The smallest absolute Gasteiger partial charge is 0.326 e. The molecule has 3 amide bonds. The molecule has 1 heterocycles. The standard InChI is InChI=1S/C24H18ClF3N4O3/c1-14(33)29-17-4-9-22-15(12-17)10-11-31(22)18-5-2-16(3-6-18)30-23(34)32(35)19-7-8-21(25)20(13-19)24(26,27)28/h2-13,35H,1H3,(H,29,33)(H,30,34). The van der Waals surface area contributed by atoms with Crippen LogP contribution in [0.25, 0.3) is 16.6 Å². The lowest BCUT2D eigenvalue weighted by molar-refractivity contribution is -0.137. The van der Waals surface area contributed by atoms with E-state index in [-0.39, 0.29) is 11.0 Å². The predicted molar refractivity (Wildman–Crippen MR) is 127 cm³/mol. The van der Waals surface area contributed by atoms with E-state index in [0.717, 1.165) is 28.7 Å². The molecular formula is C24H18ClF3N4O3. The molecule has 0 fully saturated rings. The molecule has 4 rings (SSSR count). The van der Waals surface area contributed by atoms with E-state index in [2.05, 4.69) is 10.6 Å². The van der Waals surface area contributed by atoms with Gasteiger partial charge in [0.15, 0.2) is 0 Å². The van der Waals surface area contributed by atoms with Gasteiger partial charge in [-0.15, -0.1) is 0 Å². The van der Waals surface area contributed by atoms with Crippen LogP contribution in [0.5, 0.6) is 0 Å². The highest BCUT2D eigenvalue weighted by molar-refractivity contribution is 6.31. The summed E-state index contributed by atoms with van der Waals surface area (Å²) in [5.74, 6) is -0.167. The van der Waals surface area contributed by atoms with E-state index >= 15 is 0 Å². The van der Waals surface area contributed by atoms with Gasteiger partial charge in [-0.2, -0.15) is 18.2 Å². The molecule has 1 aromatic heterocycles. The highest BCUT2D eigenvalue weighted by Crippen LogP contribution is 2.37. The highest BCUT2D eigenvalue weighted by Gasteiger charge is 2.34. The zero-order valence-corrected chi connectivity index (χ0v) is 18.9. The molecule has 3 N–H and O–H groups in total. The number of halogens is 4. The lowest BCUT2D eigenvalue weighted by atomic mass is 10.2. The number of aromatic nitrogens is 1. The van der Waals surface area contributed by atoms with Crippen molar-refractivity contribution in [3.63, 3.8) is 0 Å². The summed E-state index contributed by atoms with van der Waals surface area (Å²) >= 11 is 5.58. The molecule has 7 nitrogen and oxygen atoms in total. The Morgan fingerprint density at radius 2 is 1.63 bits per heavy atom. The Balaban J connectivity index is 1.50. The quantitative estimate of drug-likeness (QED) is 0.215. The van der Waals surface area contributed by atoms with E-state index < -0.39 is 28.5 Å². The van der Waals surface area contributed by atoms with Crippen molar-refractivity contribution in [1.82, 2.24) is 4.57 Å². The average molecular weight is 503 g/mol. The number of hydroxylamine groups is 1. The molecule has 0 atom stereocenters. The minimum atomic E-state index is -4.74. The maximum absolute atomic E-state index is 13.1. The molecular weight excluding hydrogens is 485 g/mol. The van der Waals surface area contributed by atoms with Gasteiger partial charge in [0.2, 0.25) is 5.91 Å². The topological polar surface area (TPSA) is 86.6 Å². The molecule has 0 saturated carbocycles. The van der Waals surface area contributed by atoms with Gasteiger partial charge in [0.05, 0.1) is 21.8 Å². The summed E-state index contributed by atoms with van der Waals surface area (Å²) in [5, 5.41) is 15.7. The number of rotatable bonds is 4. The first-order valence-corrected chi connectivity index (χ1v) is 10.6. The number of amides is 3. The fourth-order valence-corrected chi connectivity index (χ4v) is 3.73. The number of fused-ring (bicyclic) bond motifs is 1. The first-order valence-electron chi connectivity index (χ1n) is 10.2. The van der Waals surface area contributed by atoms with Crippen LogP contribution in [0.3, 0.4) is 0 Å². The summed E-state index contributed by atoms with van der Waals surface area (Å²) in [4.78, 5) is 23.6. The number of hydrogen-bond donors (Lipinski definition) is 3. The number of urea groups is 1. The number of alkyl halides is 3. The lowest BCUT2D eigenvalue weighted by Crippen LogP contribution is -2.32. The van der Waals surface area contributed by atoms with Crippen LogP contribution < -0.4 is 15.7 Å². The van der Waals surface area contributed by atoms with Gasteiger partial charge in [-0.25, -0.2) is 4.79 Å². The Bertz CT molecular complexity index is 1420. The van der Waals surface area contributed by atoms with Crippen molar-refractivity contribution in [3.05, 3.63) is 83.5 Å². The van der Waals surface area contributed by atoms with Gasteiger partial charge in [0.25, 0.3) is 0 Å². The van der Waals surface area contributed by atoms with Crippen LogP contribution in [0.2, 0.25) is 5.02 Å². The highest BCUT2D eigenvalue weighted by atomic mass is 35.5. The second-order valence-corrected chi connectivity index (χ2v) is 8.00. The molecule has 4 aromatic rings. The average Bonchev–Trinajstić information content (AvgIpc) is 3.21. The molecule has 0 radical (unpaired) electrons. The molecule has 180 valence electrons. The van der Waals surface area contributed by atoms with Gasteiger partial charge in [-0.3, -0.25) is 10.0 Å². The van der Waals surface area contributed by atoms with Crippen LogP contribution in [0.1, 0.15) is 12.5 Å². The van der Waals surface area contributed by atoms with E-state index in [1.54, 1.807) is 30.3 Å². The SMILES string of the molecule is CC(=O)Nc1ccc2c(ccn2-c2ccc(NC(=O)N(O)c3ccc(Cl)c(C(F)(F)F)c3)cc2)c1. The van der Waals surface area contributed by atoms with Gasteiger partial charge in [0.1, 0.15) is 0 Å². The summed E-state index contributed by atoms with van der Waals surface area (Å²) in [6.07, 6.45) is -2.89. The third-order valence-corrected chi connectivity index (χ3v) is 5.43. The molecule has 35 heavy (non-hydrogen) atoms. The Labute approximate surface area is 202 Å². The summed E-state index contributed by atoms with van der Waals surface area (Å²) in [7, 11) is 0. The molecule has 0 saturated heterocycles. The fraction of sp³-hybridized carbons (Fsp3) is 0.0833. The monoisotopic (exact) mass is 502 g/mol. The van der Waals surface area contributed by atoms with Crippen LogP contribution in [0.4, 0.5) is 35.0 Å². The Morgan fingerprint density at radius 1 is 0.943 bits per heavy atom. The van der Waals surface area contributed by atoms with Crippen LogP contribution in [-0.2, 0) is 11.0 Å². The van der Waals surface area contributed by atoms with Gasteiger partial charge < -0.3 is 15.2 Å². The molecule has 0 bridgehead atoms. The number of benzene rings is 3. The van der Waals surface area contributed by atoms with Crippen LogP contribution in [-0.4, -0.2) is 21.7 Å². The van der Waals surface area contributed by atoms with E-state index in [9.17, 15) is 28.0 Å². The van der Waals surface area contributed by atoms with E-state index in [1.165, 1.54) is 6.92 Å². The normalized spacial score (nSPS) is 11.4. The first kappa shape index (κ1) is 24.1. The lowest BCUT2D eigenvalue weighted by Gasteiger charge is -2.18. The minimum Gasteiger partial charge on any atom is -0.326 e. The molecule has 0 unspecified atom stereocenters. The third kappa shape index (κ3) is 5.23. The molecule has 0 aliphatic rings. The van der Waals surface area contributed by atoms with E-state index in [0.29, 0.717) is 17.4 Å². The molecule has 0 aliphatic carbocycles. The van der Waals surface area contributed by atoms with Crippen LogP contribution >= 0.6 is 11.6 Å². The van der Waals surface area contributed by atoms with Crippen molar-refractivity contribution in [2.75, 3.05) is 15.7 Å². The van der Waals surface area contributed by atoms with Gasteiger partial charge in [-0.1, -0.05) is 11.6 Å². The Hall–Kier alpha value is -4.02. The van der Waals surface area contributed by atoms with Gasteiger partial charge in [-0.05, 0) is 66.7 Å². The largest absolute Gasteiger partial charge is 0.417 e. The van der Waals surface area contributed by atoms with Crippen molar-refractivity contribution in [2.45, 2.75) is 13.1 Å². The summed E-state index contributed by atoms with van der Waals surface area (Å²) in [5.41, 5.74) is 1.09. The summed E-state index contributed by atoms with van der Waals surface area (Å²) < 4.78 is 41.1. The van der Waals surface area contributed by atoms with Crippen molar-refractivity contribution in [3.8, 4) is 5.69 Å². The van der Waals surface area contributed by atoms with Crippen LogP contribution in [0.15, 0.2) is 72.9 Å². The third-order valence-electron chi connectivity index (χ3n) is 5.10. The van der Waals surface area contributed by atoms with Crippen molar-refractivity contribution in [2.24, 2.45) is 0 Å². The zero-order chi connectivity index (χ0) is 25.3. The number of carbonyl (C=O) groups is 2. The van der Waals surface area contributed by atoms with Crippen molar-refractivity contribution >= 4 is 51.5 Å². The summed E-state index contributed by atoms with van der Waals surface area (Å²) in [6.45, 7) is 1.43. The molecule has 0 aliphatic heterocycles. The Morgan fingerprint density at radius 3 is 2.29 bits per heavy atom. The van der Waals surface area contributed by atoms with Crippen molar-refractivity contribution < 1.29 is 28.0 Å². The van der Waals surface area contributed by atoms with Gasteiger partial charge >= 0.3 is 12.2 Å². The number of carbonyl (C=O) groups excluding carboxylic acids is 2. The van der Waals surface area contributed by atoms with Crippen molar-refractivity contribution in [1.29, 1.82) is 0 Å². The second kappa shape index (κ2) is 9.32. The first-order chi connectivity index (χ1) is 16.5. The minimum absolute atomic E-state index is 0.0750. The molecule has 11 heteroatoms. The zero-order valence-electron chi connectivity index (χ0n) is 18.1. The van der Waals surface area contributed by atoms with E-state index in [4.69, 9.17) is 11.6 Å². The Kier molecular flexibility index (Phi) is 6.42. The fourth-order valence-electron chi connectivity index (χ4n) is 3.51. The number of hydrogen-bond acceptors (Lipinski definition) is 3. The predicted octanol–water partition coefficient (Wildman–Crippen LogP) is 6.69. The number of anilines is 3. The maximum atomic E-state index is 13.1. The number of nitrogens with zero attached hydrogens (tertiary/aromatic N) is 2. The number of nitrogens with one attached hydrogen (secondary N) is 2. The molecule has 3 aromatic carbocycles. The maximum Gasteiger partial charge on any atom is 0.417 e. The van der Waals surface area contributed by atoms with Gasteiger partial charge in [0, 0.05) is 35.6 Å². The second-order valence-electron chi connectivity index (χ2n) is 7.59. The van der Waals surface area contributed by atoms with E-state index in [1.807, 2.05) is 29.0 Å². The molecule has 0 spiro atoms. The van der Waals surface area contributed by atoms with Crippen LogP contribution in [0, 0.1) is 0 Å².